The number of nitrogens with zero attached hydrogens (tertiary/aromatic N) is 1. The van der Waals surface area contributed by atoms with Crippen LogP contribution in [0.25, 0.3) is 0 Å². The van der Waals surface area contributed by atoms with Crippen molar-refractivity contribution in [1.82, 2.24) is 4.90 Å². The predicted octanol–water partition coefficient (Wildman–Crippen LogP) is 2.58. The summed E-state index contributed by atoms with van der Waals surface area (Å²) < 4.78 is 5.33. The van der Waals surface area contributed by atoms with Crippen LogP contribution in [0.5, 0.6) is 0 Å². The van der Waals surface area contributed by atoms with Gasteiger partial charge in [-0.3, -0.25) is 4.90 Å². The Bertz CT molecular complexity index is 302. The van der Waals surface area contributed by atoms with Gasteiger partial charge in [-0.15, -0.1) is 0 Å². The maximum absolute atomic E-state index is 10.3. The minimum Gasteiger partial charge on any atom is -0.379 e. The molecule has 1 aliphatic heterocycles. The minimum atomic E-state index is 0.539. The number of hydrogen-bond acceptors (Lipinski definition) is 3. The van der Waals surface area contributed by atoms with E-state index < -0.39 is 0 Å². The van der Waals surface area contributed by atoms with Crippen LogP contribution in [0.4, 0.5) is 0 Å². The number of ether oxygens (including phenoxy) is 1. The van der Waals surface area contributed by atoms with Crippen LogP contribution in [-0.2, 0) is 9.53 Å². The van der Waals surface area contributed by atoms with Gasteiger partial charge in [-0.25, -0.2) is 0 Å². The standard InChI is InChI=1S/C15H25NO2/c1-14(5-6-15(2)7-11-17)4-3-8-16-9-12-18-13-10-16/h5-6,11H,3-4,7-10,12-13H2,1-2H3/b14-5+,15-6+. The van der Waals surface area contributed by atoms with Gasteiger partial charge in [0.25, 0.3) is 0 Å². The van der Waals surface area contributed by atoms with Crippen molar-refractivity contribution in [1.29, 1.82) is 0 Å². The smallest absolute Gasteiger partial charge is 0.124 e. The Morgan fingerprint density at radius 2 is 1.83 bits per heavy atom. The second-order valence-electron chi connectivity index (χ2n) is 4.95. The van der Waals surface area contributed by atoms with Crippen LogP contribution in [-0.4, -0.2) is 44.0 Å². The fraction of sp³-hybridized carbons (Fsp3) is 0.667. The van der Waals surface area contributed by atoms with Gasteiger partial charge < -0.3 is 9.53 Å². The first-order chi connectivity index (χ1) is 8.72. The lowest BCUT2D eigenvalue weighted by Gasteiger charge is -2.26. The molecule has 102 valence electrons. The average Bonchev–Trinajstić information content (AvgIpc) is 2.38. The van der Waals surface area contributed by atoms with E-state index in [2.05, 4.69) is 24.0 Å². The fourth-order valence-electron chi connectivity index (χ4n) is 1.97. The van der Waals surface area contributed by atoms with E-state index in [1.165, 1.54) is 12.0 Å². The highest BCUT2D eigenvalue weighted by Gasteiger charge is 2.08. The lowest BCUT2D eigenvalue weighted by Crippen LogP contribution is -2.36. The Balaban J connectivity index is 2.19. The normalized spacial score (nSPS) is 19.0. The maximum Gasteiger partial charge on any atom is 0.124 e. The minimum absolute atomic E-state index is 0.539. The summed E-state index contributed by atoms with van der Waals surface area (Å²) in [7, 11) is 0. The molecule has 0 aliphatic carbocycles. The van der Waals surface area contributed by atoms with Crippen molar-refractivity contribution < 1.29 is 9.53 Å². The second kappa shape index (κ2) is 9.06. The van der Waals surface area contributed by atoms with Crippen molar-refractivity contribution in [2.24, 2.45) is 0 Å². The number of morpholine rings is 1. The number of aldehydes is 1. The van der Waals surface area contributed by atoms with Crippen molar-refractivity contribution in [3.8, 4) is 0 Å². The Labute approximate surface area is 110 Å². The molecule has 3 heteroatoms. The van der Waals surface area contributed by atoms with Crippen LogP contribution in [0.1, 0.15) is 33.1 Å². The highest BCUT2D eigenvalue weighted by atomic mass is 16.5. The van der Waals surface area contributed by atoms with E-state index in [0.29, 0.717) is 6.42 Å². The monoisotopic (exact) mass is 251 g/mol. The molecule has 1 saturated heterocycles. The summed E-state index contributed by atoms with van der Waals surface area (Å²) in [5.41, 5.74) is 2.51. The zero-order valence-electron chi connectivity index (χ0n) is 11.7. The highest BCUT2D eigenvalue weighted by Crippen LogP contribution is 2.08. The molecule has 1 fully saturated rings. The van der Waals surface area contributed by atoms with Gasteiger partial charge in [0, 0.05) is 19.5 Å². The third-order valence-corrected chi connectivity index (χ3v) is 3.21. The molecule has 0 aromatic carbocycles. The molecule has 3 nitrogen and oxygen atoms in total. The van der Waals surface area contributed by atoms with Crippen molar-refractivity contribution in [3.05, 3.63) is 23.3 Å². The van der Waals surface area contributed by atoms with Gasteiger partial charge in [0.05, 0.1) is 13.2 Å². The summed E-state index contributed by atoms with van der Waals surface area (Å²) >= 11 is 0. The highest BCUT2D eigenvalue weighted by molar-refractivity contribution is 5.54. The summed E-state index contributed by atoms with van der Waals surface area (Å²) in [4.78, 5) is 12.8. The van der Waals surface area contributed by atoms with Crippen LogP contribution in [0.3, 0.4) is 0 Å². The lowest BCUT2D eigenvalue weighted by atomic mass is 10.1. The van der Waals surface area contributed by atoms with E-state index in [9.17, 15) is 4.79 Å². The molecule has 0 bridgehead atoms. The fourth-order valence-corrected chi connectivity index (χ4v) is 1.97. The Hall–Kier alpha value is -0.930. The summed E-state index contributed by atoms with van der Waals surface area (Å²) in [5.74, 6) is 0. The van der Waals surface area contributed by atoms with Gasteiger partial charge in [0.1, 0.15) is 6.29 Å². The molecule has 0 atom stereocenters. The van der Waals surface area contributed by atoms with Gasteiger partial charge in [0.2, 0.25) is 0 Å². The molecule has 0 radical (unpaired) electrons. The molecule has 0 amide bonds. The molecule has 1 aliphatic rings. The van der Waals surface area contributed by atoms with Crippen LogP contribution in [0.2, 0.25) is 0 Å². The molecule has 0 spiro atoms. The molecule has 18 heavy (non-hydrogen) atoms. The van der Waals surface area contributed by atoms with Crippen molar-refractivity contribution in [2.75, 3.05) is 32.8 Å². The first-order valence-electron chi connectivity index (χ1n) is 6.79. The average molecular weight is 251 g/mol. The number of carbonyl (C=O) groups is 1. The lowest BCUT2D eigenvalue weighted by molar-refractivity contribution is -0.107. The van der Waals surface area contributed by atoms with Crippen molar-refractivity contribution >= 4 is 6.29 Å². The predicted molar refractivity (Wildman–Crippen MR) is 74.7 cm³/mol. The molecular formula is C15H25NO2. The summed E-state index contributed by atoms with van der Waals surface area (Å²) in [6.07, 6.45) is 8.01. The topological polar surface area (TPSA) is 29.5 Å². The van der Waals surface area contributed by atoms with Crippen LogP contribution in [0.15, 0.2) is 23.3 Å². The quantitative estimate of drug-likeness (QED) is 0.514. The first-order valence-corrected chi connectivity index (χ1v) is 6.79. The second-order valence-corrected chi connectivity index (χ2v) is 4.95. The number of rotatable bonds is 7. The van der Waals surface area contributed by atoms with E-state index in [1.54, 1.807) is 0 Å². The Kier molecular flexibility index (Phi) is 7.62. The molecule has 0 unspecified atom stereocenters. The van der Waals surface area contributed by atoms with Gasteiger partial charge in [-0.05, 0) is 33.2 Å². The summed E-state index contributed by atoms with van der Waals surface area (Å²) in [5, 5.41) is 0. The number of allylic oxidation sites excluding steroid dienone is 4. The largest absolute Gasteiger partial charge is 0.379 e. The van der Waals surface area contributed by atoms with Gasteiger partial charge in [-0.2, -0.15) is 0 Å². The molecule has 0 aromatic rings. The molecule has 0 aromatic heterocycles. The van der Waals surface area contributed by atoms with E-state index in [-0.39, 0.29) is 0 Å². The molecule has 0 N–H and O–H groups in total. The van der Waals surface area contributed by atoms with Gasteiger partial charge in [-0.1, -0.05) is 23.3 Å². The summed E-state index contributed by atoms with van der Waals surface area (Å²) in [6.45, 7) is 9.20. The zero-order valence-corrected chi connectivity index (χ0v) is 11.7. The van der Waals surface area contributed by atoms with Crippen LogP contribution >= 0.6 is 0 Å². The zero-order chi connectivity index (χ0) is 13.2. The first kappa shape index (κ1) is 15.1. The number of carbonyl (C=O) groups excluding carboxylic acids is 1. The molecular weight excluding hydrogens is 226 g/mol. The van der Waals surface area contributed by atoms with Crippen LogP contribution in [0, 0.1) is 0 Å². The van der Waals surface area contributed by atoms with E-state index in [1.807, 2.05) is 6.92 Å². The van der Waals surface area contributed by atoms with Gasteiger partial charge in [0.15, 0.2) is 0 Å². The Morgan fingerprint density at radius 1 is 1.17 bits per heavy atom. The van der Waals surface area contributed by atoms with E-state index in [4.69, 9.17) is 4.74 Å². The third kappa shape index (κ3) is 6.72. The maximum atomic E-state index is 10.3. The van der Waals surface area contributed by atoms with Crippen molar-refractivity contribution in [2.45, 2.75) is 33.1 Å². The molecule has 1 rings (SSSR count). The molecule has 0 saturated carbocycles. The SMILES string of the molecule is C/C(=C\C=C(/C)CCCN1CCOCC1)CC=O. The summed E-state index contributed by atoms with van der Waals surface area (Å²) in [6, 6.07) is 0. The van der Waals surface area contributed by atoms with Crippen molar-refractivity contribution in [3.63, 3.8) is 0 Å². The van der Waals surface area contributed by atoms with Gasteiger partial charge >= 0.3 is 0 Å². The van der Waals surface area contributed by atoms with E-state index in [0.717, 1.165) is 51.1 Å². The van der Waals surface area contributed by atoms with E-state index >= 15 is 0 Å². The third-order valence-electron chi connectivity index (χ3n) is 3.21. The Morgan fingerprint density at radius 3 is 2.50 bits per heavy atom. The van der Waals surface area contributed by atoms with Crippen LogP contribution < -0.4 is 0 Å². The number of hydrogen-bond donors (Lipinski definition) is 0. The molecule has 1 heterocycles.